The molecular weight excluding hydrogens is 269 g/mol. The van der Waals surface area contributed by atoms with Crippen LogP contribution in [0.5, 0.6) is 5.88 Å². The summed E-state index contributed by atoms with van der Waals surface area (Å²) in [6.07, 6.45) is 2.59. The van der Waals surface area contributed by atoms with Gasteiger partial charge in [-0.2, -0.15) is 0 Å². The first kappa shape index (κ1) is 16.3. The Balaban J connectivity index is 1.94. The van der Waals surface area contributed by atoms with Crippen molar-refractivity contribution < 1.29 is 18.8 Å². The molecule has 0 N–H and O–H groups in total. The zero-order valence-electron chi connectivity index (χ0n) is 13.5. The lowest BCUT2D eigenvalue weighted by atomic mass is 9.80. The van der Waals surface area contributed by atoms with Crippen molar-refractivity contribution in [2.45, 2.75) is 45.3 Å². The van der Waals surface area contributed by atoms with E-state index in [1.165, 1.54) is 0 Å². The third-order valence-corrected chi connectivity index (χ3v) is 4.03. The second-order valence-electron chi connectivity index (χ2n) is 6.21. The van der Waals surface area contributed by atoms with Crippen LogP contribution >= 0.6 is 0 Å². The van der Waals surface area contributed by atoms with E-state index in [1.807, 2.05) is 39.8 Å². The SMILES string of the molecule is COCCCOc1ccc(B2OC(C)(C)C(C)(C)O2)cn1. The van der Waals surface area contributed by atoms with E-state index in [9.17, 15) is 0 Å². The predicted octanol–water partition coefficient (Wildman–Crippen LogP) is 1.80. The van der Waals surface area contributed by atoms with Gasteiger partial charge in [-0.05, 0) is 33.8 Å². The maximum absolute atomic E-state index is 5.98. The quantitative estimate of drug-likeness (QED) is 0.591. The molecule has 1 aromatic heterocycles. The van der Waals surface area contributed by atoms with Crippen LogP contribution in [-0.4, -0.2) is 43.6 Å². The highest BCUT2D eigenvalue weighted by molar-refractivity contribution is 6.62. The summed E-state index contributed by atoms with van der Waals surface area (Å²) >= 11 is 0. The molecule has 1 aliphatic heterocycles. The van der Waals surface area contributed by atoms with Gasteiger partial charge in [-0.1, -0.05) is 6.07 Å². The molecule has 116 valence electrons. The summed E-state index contributed by atoms with van der Waals surface area (Å²) in [5.74, 6) is 0.603. The van der Waals surface area contributed by atoms with E-state index < -0.39 is 0 Å². The van der Waals surface area contributed by atoms with Gasteiger partial charge in [0.15, 0.2) is 0 Å². The molecule has 0 radical (unpaired) electrons. The van der Waals surface area contributed by atoms with Crippen LogP contribution < -0.4 is 10.2 Å². The van der Waals surface area contributed by atoms with Crippen molar-refractivity contribution in [3.05, 3.63) is 18.3 Å². The van der Waals surface area contributed by atoms with Gasteiger partial charge in [0.1, 0.15) is 0 Å². The van der Waals surface area contributed by atoms with Crippen molar-refractivity contribution in [1.82, 2.24) is 4.98 Å². The van der Waals surface area contributed by atoms with Crippen molar-refractivity contribution >= 4 is 12.6 Å². The molecule has 0 spiro atoms. The monoisotopic (exact) mass is 293 g/mol. The lowest BCUT2D eigenvalue weighted by Gasteiger charge is -2.32. The highest BCUT2D eigenvalue weighted by Crippen LogP contribution is 2.36. The second kappa shape index (κ2) is 6.34. The van der Waals surface area contributed by atoms with Crippen molar-refractivity contribution in [3.8, 4) is 5.88 Å². The number of hydrogen-bond acceptors (Lipinski definition) is 5. The van der Waals surface area contributed by atoms with Gasteiger partial charge < -0.3 is 18.8 Å². The van der Waals surface area contributed by atoms with Crippen molar-refractivity contribution in [2.24, 2.45) is 0 Å². The number of nitrogens with zero attached hydrogens (tertiary/aromatic N) is 1. The molecule has 0 saturated carbocycles. The fourth-order valence-electron chi connectivity index (χ4n) is 1.98. The Morgan fingerprint density at radius 1 is 1.10 bits per heavy atom. The van der Waals surface area contributed by atoms with E-state index in [0.717, 1.165) is 11.9 Å². The molecule has 0 bridgehead atoms. The fourth-order valence-corrected chi connectivity index (χ4v) is 1.98. The van der Waals surface area contributed by atoms with Crippen LogP contribution in [0.1, 0.15) is 34.1 Å². The second-order valence-corrected chi connectivity index (χ2v) is 6.21. The summed E-state index contributed by atoms with van der Waals surface area (Å²) in [5.41, 5.74) is 0.220. The zero-order valence-corrected chi connectivity index (χ0v) is 13.5. The minimum absolute atomic E-state index is 0.340. The Morgan fingerprint density at radius 3 is 2.29 bits per heavy atom. The van der Waals surface area contributed by atoms with E-state index in [4.69, 9.17) is 18.8 Å². The first-order chi connectivity index (χ1) is 9.86. The van der Waals surface area contributed by atoms with Crippen LogP contribution in [0.15, 0.2) is 18.3 Å². The third-order valence-electron chi connectivity index (χ3n) is 4.03. The lowest BCUT2D eigenvalue weighted by Crippen LogP contribution is -2.41. The fraction of sp³-hybridized carbons (Fsp3) is 0.667. The molecule has 0 atom stereocenters. The van der Waals surface area contributed by atoms with Crippen LogP contribution in [0.3, 0.4) is 0 Å². The molecule has 6 heteroatoms. The molecule has 2 rings (SSSR count). The largest absolute Gasteiger partial charge is 0.496 e. The topological polar surface area (TPSA) is 49.8 Å². The summed E-state index contributed by atoms with van der Waals surface area (Å²) < 4.78 is 22.5. The van der Waals surface area contributed by atoms with E-state index in [0.29, 0.717) is 19.1 Å². The maximum Gasteiger partial charge on any atom is 0.496 e. The van der Waals surface area contributed by atoms with Crippen LogP contribution in [0, 0.1) is 0 Å². The molecule has 5 nitrogen and oxygen atoms in total. The molecule has 0 aliphatic carbocycles. The summed E-state index contributed by atoms with van der Waals surface area (Å²) in [4.78, 5) is 4.29. The lowest BCUT2D eigenvalue weighted by molar-refractivity contribution is 0.00578. The molecule has 1 saturated heterocycles. The molecule has 21 heavy (non-hydrogen) atoms. The van der Waals surface area contributed by atoms with Gasteiger partial charge in [-0.3, -0.25) is 0 Å². The van der Waals surface area contributed by atoms with E-state index in [1.54, 1.807) is 13.3 Å². The van der Waals surface area contributed by atoms with Crippen LogP contribution in [0.2, 0.25) is 0 Å². The van der Waals surface area contributed by atoms with Gasteiger partial charge in [0.05, 0.1) is 17.8 Å². The summed E-state index contributed by atoms with van der Waals surface area (Å²) in [7, 11) is 1.29. The third kappa shape index (κ3) is 3.76. The van der Waals surface area contributed by atoms with E-state index in [2.05, 4.69) is 4.98 Å². The molecule has 1 aliphatic rings. The standard InChI is InChI=1S/C15H24BNO4/c1-14(2)15(3,4)21-16(20-14)12-7-8-13(17-11-12)19-10-6-9-18-5/h7-8,11H,6,9-10H2,1-5H3. The van der Waals surface area contributed by atoms with Gasteiger partial charge in [-0.15, -0.1) is 0 Å². The predicted molar refractivity (Wildman–Crippen MR) is 81.9 cm³/mol. The van der Waals surface area contributed by atoms with Crippen LogP contribution in [-0.2, 0) is 14.0 Å². The van der Waals surface area contributed by atoms with Gasteiger partial charge in [0, 0.05) is 31.8 Å². The van der Waals surface area contributed by atoms with Crippen molar-refractivity contribution in [1.29, 1.82) is 0 Å². The maximum atomic E-state index is 5.98. The Kier molecular flexibility index (Phi) is 4.91. The van der Waals surface area contributed by atoms with Crippen molar-refractivity contribution in [2.75, 3.05) is 20.3 Å². The first-order valence-electron chi connectivity index (χ1n) is 7.29. The molecule has 0 amide bonds. The van der Waals surface area contributed by atoms with Gasteiger partial charge in [-0.25, -0.2) is 4.98 Å². The van der Waals surface area contributed by atoms with E-state index >= 15 is 0 Å². The minimum Gasteiger partial charge on any atom is -0.478 e. The molecule has 0 aromatic carbocycles. The average Bonchev–Trinajstić information content (AvgIpc) is 2.64. The Bertz CT molecular complexity index is 445. The Morgan fingerprint density at radius 2 is 1.76 bits per heavy atom. The Labute approximate surface area is 127 Å². The van der Waals surface area contributed by atoms with Gasteiger partial charge in [0.2, 0.25) is 5.88 Å². The van der Waals surface area contributed by atoms with Crippen molar-refractivity contribution in [3.63, 3.8) is 0 Å². The Hall–Kier alpha value is -1.11. The van der Waals surface area contributed by atoms with Crippen LogP contribution in [0.4, 0.5) is 0 Å². The van der Waals surface area contributed by atoms with E-state index in [-0.39, 0.29) is 18.3 Å². The highest BCUT2D eigenvalue weighted by atomic mass is 16.7. The summed E-state index contributed by atoms with van der Waals surface area (Å²) in [5, 5.41) is 0. The zero-order chi connectivity index (χ0) is 15.5. The number of pyridine rings is 1. The minimum atomic E-state index is -0.384. The molecule has 1 fully saturated rings. The smallest absolute Gasteiger partial charge is 0.478 e. The number of hydrogen-bond donors (Lipinski definition) is 0. The molecule has 1 aromatic rings. The molecule has 0 unspecified atom stereocenters. The summed E-state index contributed by atoms with van der Waals surface area (Å²) in [6, 6.07) is 3.77. The molecule has 2 heterocycles. The normalized spacial score (nSPS) is 19.8. The number of rotatable bonds is 6. The first-order valence-corrected chi connectivity index (χ1v) is 7.29. The van der Waals surface area contributed by atoms with Gasteiger partial charge >= 0.3 is 7.12 Å². The number of methoxy groups -OCH3 is 1. The number of aromatic nitrogens is 1. The summed E-state index contributed by atoms with van der Waals surface area (Å²) in [6.45, 7) is 9.42. The van der Waals surface area contributed by atoms with Crippen LogP contribution in [0.25, 0.3) is 0 Å². The average molecular weight is 293 g/mol. The van der Waals surface area contributed by atoms with Gasteiger partial charge in [0.25, 0.3) is 0 Å². The number of ether oxygens (including phenoxy) is 2. The molecular formula is C15H24BNO4. The highest BCUT2D eigenvalue weighted by Gasteiger charge is 2.51.